The molecule has 0 bridgehead atoms. The minimum absolute atomic E-state index is 0.757. The highest BCUT2D eigenvalue weighted by atomic mass is 15.4. The summed E-state index contributed by atoms with van der Waals surface area (Å²) in [5.74, 6) is 0. The SMILES string of the molecule is c1ccc2cc3cc4cc5cc6cc7cc8nnnnc8cc7cc6cc5cc4cc3cc2c1. The predicted octanol–water partition coefficient (Wildman–Crippen LogP) is 7.34. The van der Waals surface area contributed by atoms with Crippen molar-refractivity contribution in [1.29, 1.82) is 0 Å². The van der Waals surface area contributed by atoms with Crippen molar-refractivity contribution >= 4 is 75.7 Å². The first-order chi connectivity index (χ1) is 16.8. The maximum Gasteiger partial charge on any atom is 0.116 e. The van der Waals surface area contributed by atoms with Gasteiger partial charge in [0.25, 0.3) is 0 Å². The van der Waals surface area contributed by atoms with Gasteiger partial charge in [-0.1, -0.05) is 24.3 Å². The van der Waals surface area contributed by atoms with Gasteiger partial charge in [-0.25, -0.2) is 0 Å². The number of nitrogens with zero attached hydrogens (tertiary/aromatic N) is 4. The van der Waals surface area contributed by atoms with Crippen LogP contribution in [0.25, 0.3) is 75.7 Å². The molecule has 34 heavy (non-hydrogen) atoms. The normalized spacial score (nSPS) is 12.1. The third-order valence-electron chi connectivity index (χ3n) is 6.96. The minimum atomic E-state index is 0.757. The molecule has 1 heterocycles. The largest absolute Gasteiger partial charge is 0.127 e. The quantitative estimate of drug-likeness (QED) is 0.235. The van der Waals surface area contributed by atoms with Crippen LogP contribution in [0.2, 0.25) is 0 Å². The highest BCUT2D eigenvalue weighted by Gasteiger charge is 2.07. The molecule has 4 heteroatoms. The smallest absolute Gasteiger partial charge is 0.116 e. The van der Waals surface area contributed by atoms with Crippen LogP contribution < -0.4 is 0 Å². The van der Waals surface area contributed by atoms with E-state index in [0.717, 1.165) is 21.8 Å². The molecule has 8 aromatic rings. The van der Waals surface area contributed by atoms with Crippen molar-refractivity contribution in [2.75, 3.05) is 0 Å². The number of benzene rings is 7. The maximum atomic E-state index is 4.12. The van der Waals surface area contributed by atoms with Crippen molar-refractivity contribution in [1.82, 2.24) is 20.6 Å². The fourth-order valence-electron chi connectivity index (χ4n) is 5.27. The zero-order chi connectivity index (χ0) is 22.2. The summed E-state index contributed by atoms with van der Waals surface area (Å²) in [5.41, 5.74) is 1.51. The first kappa shape index (κ1) is 17.8. The number of hydrogen-bond donors (Lipinski definition) is 0. The molecule has 0 aliphatic carbocycles. The maximum absolute atomic E-state index is 4.12. The third-order valence-corrected chi connectivity index (χ3v) is 6.96. The zero-order valence-corrected chi connectivity index (χ0v) is 18.0. The van der Waals surface area contributed by atoms with E-state index in [9.17, 15) is 0 Å². The highest BCUT2D eigenvalue weighted by molar-refractivity contribution is 6.12. The summed E-state index contributed by atoms with van der Waals surface area (Å²) >= 11 is 0. The molecule has 1 aromatic heterocycles. The van der Waals surface area contributed by atoms with Crippen LogP contribution in [0.15, 0.2) is 97.1 Å². The van der Waals surface area contributed by atoms with Crippen LogP contribution in [-0.2, 0) is 0 Å². The van der Waals surface area contributed by atoms with Crippen LogP contribution in [0.5, 0.6) is 0 Å². The molecule has 0 saturated heterocycles. The van der Waals surface area contributed by atoms with Crippen LogP contribution in [0.1, 0.15) is 0 Å². The van der Waals surface area contributed by atoms with Crippen molar-refractivity contribution in [3.63, 3.8) is 0 Å². The van der Waals surface area contributed by atoms with E-state index in [-0.39, 0.29) is 0 Å². The minimum Gasteiger partial charge on any atom is -0.127 e. The van der Waals surface area contributed by atoms with Crippen LogP contribution in [0.3, 0.4) is 0 Å². The van der Waals surface area contributed by atoms with E-state index in [1.54, 1.807) is 0 Å². The van der Waals surface area contributed by atoms with E-state index in [0.29, 0.717) is 0 Å². The molecule has 8 rings (SSSR count). The first-order valence-electron chi connectivity index (χ1n) is 11.3. The Bertz CT molecular complexity index is 1830. The van der Waals surface area contributed by atoms with Gasteiger partial charge in [-0.15, -0.1) is 10.2 Å². The van der Waals surface area contributed by atoms with Gasteiger partial charge in [0, 0.05) is 0 Å². The van der Waals surface area contributed by atoms with Gasteiger partial charge in [-0.3, -0.25) is 0 Å². The molecule has 0 spiro atoms. The summed E-state index contributed by atoms with van der Waals surface area (Å²) in [5, 5.41) is 30.4. The van der Waals surface area contributed by atoms with Gasteiger partial charge < -0.3 is 0 Å². The van der Waals surface area contributed by atoms with Gasteiger partial charge in [0.2, 0.25) is 0 Å². The Morgan fingerprint density at radius 1 is 0.294 bits per heavy atom. The molecule has 0 saturated carbocycles. The van der Waals surface area contributed by atoms with Crippen molar-refractivity contribution in [3.8, 4) is 0 Å². The van der Waals surface area contributed by atoms with Crippen molar-refractivity contribution in [2.24, 2.45) is 0 Å². The average Bonchev–Trinajstić information content (AvgIpc) is 2.86. The van der Waals surface area contributed by atoms with Crippen LogP contribution in [0, 0.1) is 0 Å². The van der Waals surface area contributed by atoms with Crippen LogP contribution in [0.4, 0.5) is 0 Å². The predicted molar refractivity (Wildman–Crippen MR) is 140 cm³/mol. The second kappa shape index (κ2) is 6.42. The third kappa shape index (κ3) is 2.60. The molecule has 0 N–H and O–H groups in total. The summed E-state index contributed by atoms with van der Waals surface area (Å²) in [6.45, 7) is 0. The number of fused-ring (bicyclic) bond motifs is 7. The molecule has 0 fully saturated rings. The molecule has 0 aliphatic rings. The monoisotopic (exact) mass is 432 g/mol. The molecule has 0 unspecified atom stereocenters. The lowest BCUT2D eigenvalue weighted by molar-refractivity contribution is 0.797. The highest BCUT2D eigenvalue weighted by Crippen LogP contribution is 2.33. The lowest BCUT2D eigenvalue weighted by Crippen LogP contribution is -1.92. The summed E-state index contributed by atoms with van der Waals surface area (Å²) in [7, 11) is 0. The lowest BCUT2D eigenvalue weighted by atomic mass is 9.95. The van der Waals surface area contributed by atoms with Gasteiger partial charge >= 0.3 is 0 Å². The molecule has 0 aliphatic heterocycles. The van der Waals surface area contributed by atoms with Crippen molar-refractivity contribution < 1.29 is 0 Å². The Morgan fingerprint density at radius 3 is 0.882 bits per heavy atom. The Kier molecular flexibility index (Phi) is 3.36. The average molecular weight is 432 g/mol. The van der Waals surface area contributed by atoms with E-state index in [1.807, 2.05) is 12.1 Å². The number of rotatable bonds is 0. The van der Waals surface area contributed by atoms with Crippen LogP contribution in [-0.4, -0.2) is 20.6 Å². The van der Waals surface area contributed by atoms with Gasteiger partial charge in [0.05, 0.1) is 0 Å². The molecular weight excluding hydrogens is 416 g/mol. The van der Waals surface area contributed by atoms with Gasteiger partial charge in [-0.2, -0.15) is 0 Å². The standard InChI is InChI=1S/C30H16N4/c1-2-4-18-6-20-8-22-10-24-12-26-14-28-16-30-29(31-33-34-32-30)15-27(28)13-25(26)11-23(24)9-21(22)7-19(20)5-17(18)3-1/h1-16H. The van der Waals surface area contributed by atoms with E-state index >= 15 is 0 Å². The fourth-order valence-corrected chi connectivity index (χ4v) is 5.27. The molecular formula is C30H16N4. The Morgan fingerprint density at radius 2 is 0.559 bits per heavy atom. The lowest BCUT2D eigenvalue weighted by Gasteiger charge is -2.09. The molecule has 156 valence electrons. The van der Waals surface area contributed by atoms with E-state index in [4.69, 9.17) is 0 Å². The van der Waals surface area contributed by atoms with Gasteiger partial charge in [-0.05, 0) is 148 Å². The van der Waals surface area contributed by atoms with Crippen LogP contribution >= 0.6 is 0 Å². The zero-order valence-electron chi connectivity index (χ0n) is 18.0. The second-order valence-corrected chi connectivity index (χ2v) is 9.06. The van der Waals surface area contributed by atoms with Crippen molar-refractivity contribution in [2.45, 2.75) is 0 Å². The Balaban J connectivity index is 1.40. The van der Waals surface area contributed by atoms with Gasteiger partial charge in [0.1, 0.15) is 11.0 Å². The Labute approximate surface area is 193 Å². The fraction of sp³-hybridized carbons (Fsp3) is 0. The van der Waals surface area contributed by atoms with E-state index in [2.05, 4.69) is 106 Å². The molecule has 0 atom stereocenters. The summed E-state index contributed by atoms with van der Waals surface area (Å²) in [6.07, 6.45) is 0. The molecule has 0 radical (unpaired) electrons. The first-order valence-corrected chi connectivity index (χ1v) is 11.3. The summed E-state index contributed by atoms with van der Waals surface area (Å²) in [4.78, 5) is 0. The number of aromatic nitrogens is 4. The molecule has 0 amide bonds. The summed E-state index contributed by atoms with van der Waals surface area (Å²) < 4.78 is 0. The van der Waals surface area contributed by atoms with Crippen molar-refractivity contribution in [3.05, 3.63) is 97.1 Å². The summed E-state index contributed by atoms with van der Waals surface area (Å²) in [6, 6.07) is 35.5. The van der Waals surface area contributed by atoms with Gasteiger partial charge in [0.15, 0.2) is 0 Å². The second-order valence-electron chi connectivity index (χ2n) is 9.06. The van der Waals surface area contributed by atoms with E-state index < -0.39 is 0 Å². The molecule has 7 aromatic carbocycles. The van der Waals surface area contributed by atoms with E-state index in [1.165, 1.54) is 53.9 Å². The molecule has 4 nitrogen and oxygen atoms in total. The number of hydrogen-bond acceptors (Lipinski definition) is 4. The Hall–Kier alpha value is -4.70. The topological polar surface area (TPSA) is 51.6 Å².